The number of aliphatic carboxylic acids is 1. The smallest absolute Gasteiger partial charge is 0.305 e. The summed E-state index contributed by atoms with van der Waals surface area (Å²) >= 11 is 3.30. The van der Waals surface area contributed by atoms with Crippen molar-refractivity contribution in [1.82, 2.24) is 0 Å². The molecule has 0 amide bonds. The van der Waals surface area contributed by atoms with Crippen LogP contribution in [0.2, 0.25) is 0 Å². The molecule has 104 valence electrons. The average molecular weight is 331 g/mol. The van der Waals surface area contributed by atoms with Crippen molar-refractivity contribution < 1.29 is 14.8 Å². The van der Waals surface area contributed by atoms with Gasteiger partial charge in [-0.05, 0) is 35.8 Å². The standard InChI is InChI=1S/C12H15BrN2O4/c1-8(2)14(6-5-12(16)17)11-4-3-9(15(18)19)7-10(11)13/h3-4,7-8H,5-6H2,1-2H3,(H,16,17). The SMILES string of the molecule is CC(C)N(CCC(=O)O)c1ccc([N+](=O)[O-])cc1Br. The first-order chi connectivity index (χ1) is 8.82. The fraction of sp³-hybridized carbons (Fsp3) is 0.417. The Morgan fingerprint density at radius 3 is 2.58 bits per heavy atom. The first-order valence-corrected chi connectivity index (χ1v) is 6.54. The highest BCUT2D eigenvalue weighted by molar-refractivity contribution is 9.10. The second kappa shape index (κ2) is 6.51. The lowest BCUT2D eigenvalue weighted by Gasteiger charge is -2.29. The summed E-state index contributed by atoms with van der Waals surface area (Å²) in [5.41, 5.74) is 0.749. The highest BCUT2D eigenvalue weighted by atomic mass is 79.9. The van der Waals surface area contributed by atoms with Gasteiger partial charge in [-0.1, -0.05) is 0 Å². The lowest BCUT2D eigenvalue weighted by Crippen LogP contribution is -2.33. The van der Waals surface area contributed by atoms with Crippen LogP contribution in [-0.2, 0) is 4.79 Å². The molecule has 0 heterocycles. The van der Waals surface area contributed by atoms with E-state index in [1.165, 1.54) is 12.1 Å². The lowest BCUT2D eigenvalue weighted by atomic mass is 10.2. The van der Waals surface area contributed by atoms with Gasteiger partial charge in [0.1, 0.15) is 0 Å². The number of nitro groups is 1. The summed E-state index contributed by atoms with van der Waals surface area (Å²) in [5.74, 6) is -0.872. The minimum atomic E-state index is -0.872. The molecule has 7 heteroatoms. The highest BCUT2D eigenvalue weighted by Gasteiger charge is 2.17. The number of benzene rings is 1. The van der Waals surface area contributed by atoms with Crippen LogP contribution in [0.25, 0.3) is 0 Å². The molecular weight excluding hydrogens is 316 g/mol. The molecule has 0 aliphatic heterocycles. The number of hydrogen-bond donors (Lipinski definition) is 1. The molecule has 0 atom stereocenters. The zero-order valence-corrected chi connectivity index (χ0v) is 12.3. The maximum Gasteiger partial charge on any atom is 0.305 e. The summed E-state index contributed by atoms with van der Waals surface area (Å²) in [5, 5.41) is 19.4. The van der Waals surface area contributed by atoms with E-state index in [9.17, 15) is 14.9 Å². The molecule has 6 nitrogen and oxygen atoms in total. The monoisotopic (exact) mass is 330 g/mol. The molecule has 0 spiro atoms. The van der Waals surface area contributed by atoms with Crippen LogP contribution in [0.5, 0.6) is 0 Å². The number of nitro benzene ring substituents is 1. The summed E-state index contributed by atoms with van der Waals surface area (Å²) in [6, 6.07) is 4.56. The predicted octanol–water partition coefficient (Wildman–Crippen LogP) is 3.05. The molecule has 1 aromatic carbocycles. The number of halogens is 1. The lowest BCUT2D eigenvalue weighted by molar-refractivity contribution is -0.384. The molecule has 0 bridgehead atoms. The number of carbonyl (C=O) groups is 1. The maximum absolute atomic E-state index is 10.7. The van der Waals surface area contributed by atoms with Gasteiger partial charge in [-0.15, -0.1) is 0 Å². The maximum atomic E-state index is 10.7. The molecule has 0 aliphatic rings. The Labute approximate surface area is 119 Å². The Morgan fingerprint density at radius 1 is 1.53 bits per heavy atom. The molecule has 1 rings (SSSR count). The highest BCUT2D eigenvalue weighted by Crippen LogP contribution is 2.31. The summed E-state index contributed by atoms with van der Waals surface area (Å²) in [6.45, 7) is 4.23. The second-order valence-electron chi connectivity index (χ2n) is 4.32. The minimum absolute atomic E-state index is 0.00225. The zero-order chi connectivity index (χ0) is 14.6. The van der Waals surface area contributed by atoms with E-state index in [0.717, 1.165) is 5.69 Å². The third-order valence-corrected chi connectivity index (χ3v) is 3.28. The van der Waals surface area contributed by atoms with E-state index in [0.29, 0.717) is 11.0 Å². The molecule has 1 N–H and O–H groups in total. The van der Waals surface area contributed by atoms with Gasteiger partial charge in [0.05, 0.1) is 17.0 Å². The number of nitrogens with zero attached hydrogens (tertiary/aromatic N) is 2. The summed E-state index contributed by atoms with van der Waals surface area (Å²) in [7, 11) is 0. The fourth-order valence-electron chi connectivity index (χ4n) is 1.72. The Kier molecular flexibility index (Phi) is 5.29. The molecule has 0 radical (unpaired) electrons. The topological polar surface area (TPSA) is 83.7 Å². The third kappa shape index (κ3) is 4.20. The number of anilines is 1. The molecular formula is C12H15BrN2O4. The molecule has 0 unspecified atom stereocenters. The van der Waals surface area contributed by atoms with E-state index in [1.54, 1.807) is 6.07 Å². The summed E-state index contributed by atoms with van der Waals surface area (Å²) < 4.78 is 0.584. The van der Waals surface area contributed by atoms with Gasteiger partial charge in [0, 0.05) is 29.2 Å². The van der Waals surface area contributed by atoms with Crippen molar-refractivity contribution in [2.75, 3.05) is 11.4 Å². The van der Waals surface area contributed by atoms with E-state index >= 15 is 0 Å². The van der Waals surface area contributed by atoms with Gasteiger partial charge < -0.3 is 10.0 Å². The molecule has 0 aromatic heterocycles. The number of carboxylic acids is 1. The van der Waals surface area contributed by atoms with Gasteiger partial charge in [0.15, 0.2) is 0 Å². The van der Waals surface area contributed by atoms with E-state index in [4.69, 9.17) is 5.11 Å². The molecule has 0 saturated heterocycles. The minimum Gasteiger partial charge on any atom is -0.481 e. The Bertz CT molecular complexity index is 491. The first kappa shape index (κ1) is 15.4. The van der Waals surface area contributed by atoms with Gasteiger partial charge in [-0.25, -0.2) is 0 Å². The first-order valence-electron chi connectivity index (χ1n) is 5.75. The molecule has 0 fully saturated rings. The van der Waals surface area contributed by atoms with Crippen molar-refractivity contribution in [3.8, 4) is 0 Å². The fourth-order valence-corrected chi connectivity index (χ4v) is 2.31. The van der Waals surface area contributed by atoms with Crippen molar-refractivity contribution in [2.24, 2.45) is 0 Å². The van der Waals surface area contributed by atoms with E-state index in [1.807, 2.05) is 18.7 Å². The number of non-ortho nitro benzene ring substituents is 1. The van der Waals surface area contributed by atoms with E-state index in [-0.39, 0.29) is 18.2 Å². The van der Waals surface area contributed by atoms with Crippen LogP contribution in [0.15, 0.2) is 22.7 Å². The van der Waals surface area contributed by atoms with E-state index in [2.05, 4.69) is 15.9 Å². The van der Waals surface area contributed by atoms with Gasteiger partial charge in [0.2, 0.25) is 0 Å². The van der Waals surface area contributed by atoms with Crippen LogP contribution in [0, 0.1) is 10.1 Å². The number of carboxylic acid groups (broad SMARTS) is 1. The molecule has 19 heavy (non-hydrogen) atoms. The van der Waals surface area contributed by atoms with Gasteiger partial charge >= 0.3 is 5.97 Å². The summed E-state index contributed by atoms with van der Waals surface area (Å²) in [6.07, 6.45) is 0.0155. The second-order valence-corrected chi connectivity index (χ2v) is 5.18. The normalized spacial score (nSPS) is 10.5. The van der Waals surface area contributed by atoms with Crippen LogP contribution < -0.4 is 4.90 Å². The quantitative estimate of drug-likeness (QED) is 0.640. The van der Waals surface area contributed by atoms with Crippen molar-refractivity contribution >= 4 is 33.3 Å². The van der Waals surface area contributed by atoms with Gasteiger partial charge in [0.25, 0.3) is 5.69 Å². The van der Waals surface area contributed by atoms with Crippen LogP contribution in [-0.4, -0.2) is 28.6 Å². The predicted molar refractivity (Wildman–Crippen MR) is 75.5 cm³/mol. The largest absolute Gasteiger partial charge is 0.481 e. The average Bonchev–Trinajstić information content (AvgIpc) is 2.30. The Hall–Kier alpha value is -1.63. The summed E-state index contributed by atoms with van der Waals surface area (Å²) in [4.78, 5) is 22.8. The molecule has 1 aromatic rings. The van der Waals surface area contributed by atoms with Gasteiger partial charge in [-0.2, -0.15) is 0 Å². The van der Waals surface area contributed by atoms with Crippen molar-refractivity contribution in [3.05, 3.63) is 32.8 Å². The van der Waals surface area contributed by atoms with Crippen LogP contribution in [0.4, 0.5) is 11.4 Å². The van der Waals surface area contributed by atoms with Crippen molar-refractivity contribution in [1.29, 1.82) is 0 Å². The van der Waals surface area contributed by atoms with Crippen LogP contribution in [0.1, 0.15) is 20.3 Å². The third-order valence-electron chi connectivity index (χ3n) is 2.64. The Balaban J connectivity index is 3.02. The number of hydrogen-bond acceptors (Lipinski definition) is 4. The Morgan fingerprint density at radius 2 is 2.16 bits per heavy atom. The van der Waals surface area contributed by atoms with E-state index < -0.39 is 10.9 Å². The molecule has 0 aliphatic carbocycles. The van der Waals surface area contributed by atoms with Crippen LogP contribution >= 0.6 is 15.9 Å². The van der Waals surface area contributed by atoms with Crippen molar-refractivity contribution in [3.63, 3.8) is 0 Å². The number of rotatable bonds is 6. The van der Waals surface area contributed by atoms with Crippen molar-refractivity contribution in [2.45, 2.75) is 26.3 Å². The zero-order valence-electron chi connectivity index (χ0n) is 10.7. The van der Waals surface area contributed by atoms with Gasteiger partial charge in [-0.3, -0.25) is 14.9 Å². The molecule has 0 saturated carbocycles. The van der Waals surface area contributed by atoms with Crippen LogP contribution in [0.3, 0.4) is 0 Å².